The molecule has 0 saturated heterocycles. The van der Waals surface area contributed by atoms with Gasteiger partial charge in [0.2, 0.25) is 0 Å². The molecule has 0 unspecified atom stereocenters. The van der Waals surface area contributed by atoms with Gasteiger partial charge in [-0.2, -0.15) is 0 Å². The Morgan fingerprint density at radius 2 is 1.61 bits per heavy atom. The van der Waals surface area contributed by atoms with Crippen molar-refractivity contribution in [3.05, 3.63) is 89.3 Å². The Kier molecular flexibility index (Phi) is 3.93. The van der Waals surface area contributed by atoms with Crippen molar-refractivity contribution in [3.8, 4) is 0 Å². The number of carbonyl (C=O) groups excluding carboxylic acids is 2. The van der Waals surface area contributed by atoms with Crippen LogP contribution in [0.15, 0.2) is 78.2 Å². The van der Waals surface area contributed by atoms with E-state index in [4.69, 9.17) is 0 Å². The standard InChI is InChI=1S/C18H14N2O3/c21-16-12-17(22)20(15(16)11-13-7-3-1-4-8-13)19-18(23)14-9-5-2-6-10-14/h1-12,21H,(H,19,23). The van der Waals surface area contributed by atoms with Crippen LogP contribution in [0.2, 0.25) is 0 Å². The van der Waals surface area contributed by atoms with Gasteiger partial charge in [0.1, 0.15) is 11.5 Å². The number of nitrogens with one attached hydrogen (secondary N) is 1. The maximum Gasteiger partial charge on any atom is 0.273 e. The molecule has 0 radical (unpaired) electrons. The molecule has 0 fully saturated rings. The van der Waals surface area contributed by atoms with Crippen molar-refractivity contribution in [1.82, 2.24) is 10.4 Å². The summed E-state index contributed by atoms with van der Waals surface area (Å²) in [7, 11) is 0. The van der Waals surface area contributed by atoms with E-state index in [2.05, 4.69) is 5.43 Å². The van der Waals surface area contributed by atoms with Crippen molar-refractivity contribution in [2.45, 2.75) is 0 Å². The number of benzene rings is 2. The highest BCUT2D eigenvalue weighted by Gasteiger charge is 2.29. The first-order valence-electron chi connectivity index (χ1n) is 7.03. The van der Waals surface area contributed by atoms with Crippen LogP contribution in [0.25, 0.3) is 6.08 Å². The lowest BCUT2D eigenvalue weighted by molar-refractivity contribution is -0.125. The number of nitrogens with zero attached hydrogens (tertiary/aromatic N) is 1. The second kappa shape index (κ2) is 6.19. The molecular weight excluding hydrogens is 292 g/mol. The van der Waals surface area contributed by atoms with Crippen LogP contribution in [0.3, 0.4) is 0 Å². The lowest BCUT2D eigenvalue weighted by atomic mass is 10.2. The zero-order valence-corrected chi connectivity index (χ0v) is 12.1. The highest BCUT2D eigenvalue weighted by Crippen LogP contribution is 2.22. The van der Waals surface area contributed by atoms with Gasteiger partial charge in [0.15, 0.2) is 0 Å². The lowest BCUT2D eigenvalue weighted by Crippen LogP contribution is -2.42. The van der Waals surface area contributed by atoms with Gasteiger partial charge in [-0.3, -0.25) is 15.0 Å². The van der Waals surface area contributed by atoms with Gasteiger partial charge in [-0.05, 0) is 23.8 Å². The number of aliphatic hydroxyl groups is 1. The van der Waals surface area contributed by atoms with Crippen molar-refractivity contribution in [3.63, 3.8) is 0 Å². The molecule has 114 valence electrons. The Bertz CT molecular complexity index is 796. The summed E-state index contributed by atoms with van der Waals surface area (Å²) < 4.78 is 0. The fourth-order valence-electron chi connectivity index (χ4n) is 2.21. The van der Waals surface area contributed by atoms with E-state index in [1.54, 1.807) is 36.4 Å². The average Bonchev–Trinajstić information content (AvgIpc) is 2.83. The zero-order valence-electron chi connectivity index (χ0n) is 12.1. The van der Waals surface area contributed by atoms with E-state index in [0.29, 0.717) is 5.56 Å². The number of carbonyl (C=O) groups is 2. The van der Waals surface area contributed by atoms with E-state index in [9.17, 15) is 14.7 Å². The van der Waals surface area contributed by atoms with Gasteiger partial charge in [0, 0.05) is 11.6 Å². The molecule has 2 aromatic rings. The zero-order chi connectivity index (χ0) is 16.2. The van der Waals surface area contributed by atoms with Gasteiger partial charge in [-0.25, -0.2) is 5.01 Å². The predicted molar refractivity (Wildman–Crippen MR) is 85.9 cm³/mol. The Balaban J connectivity index is 1.87. The molecule has 1 aliphatic heterocycles. The molecule has 0 saturated carbocycles. The van der Waals surface area contributed by atoms with Gasteiger partial charge in [0.25, 0.3) is 11.8 Å². The molecule has 0 spiro atoms. The number of amides is 2. The Labute approximate surface area is 133 Å². The van der Waals surface area contributed by atoms with Gasteiger partial charge in [-0.1, -0.05) is 48.5 Å². The van der Waals surface area contributed by atoms with Gasteiger partial charge >= 0.3 is 0 Å². The van der Waals surface area contributed by atoms with Gasteiger partial charge in [-0.15, -0.1) is 0 Å². The molecule has 0 aliphatic carbocycles. The van der Waals surface area contributed by atoms with Crippen molar-refractivity contribution in [2.75, 3.05) is 0 Å². The van der Waals surface area contributed by atoms with Crippen LogP contribution >= 0.6 is 0 Å². The minimum Gasteiger partial charge on any atom is -0.505 e. The fourth-order valence-corrected chi connectivity index (χ4v) is 2.21. The van der Waals surface area contributed by atoms with Crippen LogP contribution in [0.5, 0.6) is 0 Å². The van der Waals surface area contributed by atoms with Crippen molar-refractivity contribution in [2.24, 2.45) is 0 Å². The molecule has 2 aromatic carbocycles. The molecule has 1 heterocycles. The highest BCUT2D eigenvalue weighted by atomic mass is 16.3. The summed E-state index contributed by atoms with van der Waals surface area (Å²) in [6, 6.07) is 17.8. The van der Waals surface area contributed by atoms with Crippen LogP contribution in [-0.4, -0.2) is 21.9 Å². The minimum atomic E-state index is -0.506. The Morgan fingerprint density at radius 1 is 1.00 bits per heavy atom. The monoisotopic (exact) mass is 306 g/mol. The first-order chi connectivity index (χ1) is 11.1. The van der Waals surface area contributed by atoms with Gasteiger partial charge < -0.3 is 5.11 Å². The SMILES string of the molecule is O=C(NN1C(=O)C=C(O)C1=Cc1ccccc1)c1ccccc1. The summed E-state index contributed by atoms with van der Waals surface area (Å²) in [6.45, 7) is 0. The molecule has 0 bridgehead atoms. The van der Waals surface area contributed by atoms with E-state index in [-0.39, 0.29) is 11.5 Å². The van der Waals surface area contributed by atoms with E-state index >= 15 is 0 Å². The second-order valence-corrected chi connectivity index (χ2v) is 4.95. The fraction of sp³-hybridized carbons (Fsp3) is 0. The summed E-state index contributed by atoms with van der Waals surface area (Å²) in [5, 5.41) is 11.0. The molecule has 0 aromatic heterocycles. The third-order valence-corrected chi connectivity index (χ3v) is 3.34. The van der Waals surface area contributed by atoms with Crippen LogP contribution in [0.4, 0.5) is 0 Å². The largest absolute Gasteiger partial charge is 0.505 e. The molecule has 23 heavy (non-hydrogen) atoms. The van der Waals surface area contributed by atoms with Gasteiger partial charge in [0.05, 0.1) is 0 Å². The molecule has 2 amide bonds. The third kappa shape index (κ3) is 3.13. The Hall–Kier alpha value is -3.34. The van der Waals surface area contributed by atoms with Crippen LogP contribution in [0, 0.1) is 0 Å². The van der Waals surface area contributed by atoms with Crippen LogP contribution in [-0.2, 0) is 4.79 Å². The van der Waals surface area contributed by atoms with E-state index in [0.717, 1.165) is 16.6 Å². The first-order valence-corrected chi connectivity index (χ1v) is 7.03. The Morgan fingerprint density at radius 3 is 2.26 bits per heavy atom. The highest BCUT2D eigenvalue weighted by molar-refractivity contribution is 6.00. The number of rotatable bonds is 3. The molecule has 0 atom stereocenters. The maximum absolute atomic E-state index is 12.2. The molecule has 5 nitrogen and oxygen atoms in total. The topological polar surface area (TPSA) is 69.6 Å². The van der Waals surface area contributed by atoms with Crippen molar-refractivity contribution >= 4 is 17.9 Å². The normalized spacial score (nSPS) is 15.7. The summed E-state index contributed by atoms with van der Waals surface area (Å²) in [5.41, 5.74) is 3.96. The average molecular weight is 306 g/mol. The third-order valence-electron chi connectivity index (χ3n) is 3.34. The molecule has 3 rings (SSSR count). The number of hydrazine groups is 1. The van der Waals surface area contributed by atoms with E-state index in [1.165, 1.54) is 0 Å². The molecule has 2 N–H and O–H groups in total. The molecule has 5 heteroatoms. The minimum absolute atomic E-state index is 0.188. The maximum atomic E-state index is 12.2. The molecule has 1 aliphatic rings. The van der Waals surface area contributed by atoms with Crippen LogP contribution in [0.1, 0.15) is 15.9 Å². The second-order valence-electron chi connectivity index (χ2n) is 4.95. The van der Waals surface area contributed by atoms with Crippen LogP contribution < -0.4 is 5.43 Å². The summed E-state index contributed by atoms with van der Waals surface area (Å²) in [4.78, 5) is 24.2. The predicted octanol–water partition coefficient (Wildman–Crippen LogP) is 2.66. The number of hydrogen-bond donors (Lipinski definition) is 2. The smallest absolute Gasteiger partial charge is 0.273 e. The number of aliphatic hydroxyl groups excluding tert-OH is 1. The first kappa shape index (κ1) is 14.6. The van der Waals surface area contributed by atoms with E-state index in [1.807, 2.05) is 30.3 Å². The summed E-state index contributed by atoms with van der Waals surface area (Å²) >= 11 is 0. The summed E-state index contributed by atoms with van der Waals surface area (Å²) in [5.74, 6) is -1.12. The van der Waals surface area contributed by atoms with E-state index < -0.39 is 11.8 Å². The lowest BCUT2D eigenvalue weighted by Gasteiger charge is -2.19. The van der Waals surface area contributed by atoms with Crippen molar-refractivity contribution in [1.29, 1.82) is 0 Å². The molecular formula is C18H14N2O3. The quantitative estimate of drug-likeness (QED) is 0.916. The summed E-state index contributed by atoms with van der Waals surface area (Å²) in [6.07, 6.45) is 2.70. The number of hydrogen-bond acceptors (Lipinski definition) is 3. The van der Waals surface area contributed by atoms with Crippen molar-refractivity contribution < 1.29 is 14.7 Å².